The highest BCUT2D eigenvalue weighted by atomic mass is 16.2. The van der Waals surface area contributed by atoms with Crippen molar-refractivity contribution < 1.29 is 9.59 Å². The van der Waals surface area contributed by atoms with Gasteiger partial charge in [-0.05, 0) is 38.0 Å². The minimum atomic E-state index is -0.287. The van der Waals surface area contributed by atoms with Crippen LogP contribution in [0, 0.1) is 23.7 Å². The van der Waals surface area contributed by atoms with Gasteiger partial charge >= 0.3 is 0 Å². The molecule has 0 spiro atoms. The van der Waals surface area contributed by atoms with Crippen molar-refractivity contribution in [1.29, 1.82) is 0 Å². The van der Waals surface area contributed by atoms with Gasteiger partial charge in [-0.15, -0.1) is 0 Å². The molecule has 0 bridgehead atoms. The van der Waals surface area contributed by atoms with Gasteiger partial charge in [0.1, 0.15) is 0 Å². The largest absolute Gasteiger partial charge is 0.369 e. The molecule has 2 rings (SSSR count). The van der Waals surface area contributed by atoms with E-state index in [9.17, 15) is 9.59 Å². The van der Waals surface area contributed by atoms with Gasteiger partial charge in [0.15, 0.2) is 0 Å². The minimum Gasteiger partial charge on any atom is -0.369 e. The van der Waals surface area contributed by atoms with E-state index in [4.69, 9.17) is 5.73 Å². The standard InChI is InChI=1S/C17H30N2O2/c1-2-19-17(21)15(11-13-7-8-13)14(16(18)20)10-9-12-5-3-4-6-12/h12-15H,2-11H2,1H3,(H2,18,20)(H,19,21)/t14-,15+/m0/s1. The topological polar surface area (TPSA) is 72.2 Å². The second kappa shape index (κ2) is 7.81. The molecular weight excluding hydrogens is 264 g/mol. The van der Waals surface area contributed by atoms with E-state index in [0.29, 0.717) is 12.5 Å². The first kappa shape index (κ1) is 16.3. The van der Waals surface area contributed by atoms with Crippen LogP contribution in [0.5, 0.6) is 0 Å². The molecule has 2 saturated carbocycles. The summed E-state index contributed by atoms with van der Waals surface area (Å²) in [6.07, 6.45) is 10.3. The molecule has 3 N–H and O–H groups in total. The van der Waals surface area contributed by atoms with Gasteiger partial charge in [-0.2, -0.15) is 0 Å². The zero-order valence-electron chi connectivity index (χ0n) is 13.3. The summed E-state index contributed by atoms with van der Waals surface area (Å²) in [5.74, 6) is 0.618. The van der Waals surface area contributed by atoms with Crippen LogP contribution in [-0.4, -0.2) is 18.4 Å². The lowest BCUT2D eigenvalue weighted by Crippen LogP contribution is -2.40. The van der Waals surface area contributed by atoms with E-state index in [1.807, 2.05) is 6.92 Å². The first-order valence-corrected chi connectivity index (χ1v) is 8.68. The number of rotatable bonds is 9. The summed E-state index contributed by atoms with van der Waals surface area (Å²) in [6.45, 7) is 2.54. The van der Waals surface area contributed by atoms with Gasteiger partial charge in [0, 0.05) is 18.4 Å². The lowest BCUT2D eigenvalue weighted by atomic mass is 9.81. The summed E-state index contributed by atoms with van der Waals surface area (Å²) in [7, 11) is 0. The van der Waals surface area contributed by atoms with Gasteiger partial charge in [-0.25, -0.2) is 0 Å². The smallest absolute Gasteiger partial charge is 0.223 e. The maximum Gasteiger partial charge on any atom is 0.223 e. The van der Waals surface area contributed by atoms with Crippen molar-refractivity contribution in [2.45, 2.75) is 64.7 Å². The van der Waals surface area contributed by atoms with Crippen LogP contribution in [0.1, 0.15) is 64.7 Å². The number of hydrogen-bond donors (Lipinski definition) is 2. The zero-order valence-corrected chi connectivity index (χ0v) is 13.3. The van der Waals surface area contributed by atoms with Crippen molar-refractivity contribution in [2.75, 3.05) is 6.54 Å². The SMILES string of the molecule is CCNC(=O)[C@H](CC1CC1)[C@H](CCC1CCCC1)C(N)=O. The summed E-state index contributed by atoms with van der Waals surface area (Å²) in [6, 6.07) is 0. The van der Waals surface area contributed by atoms with Crippen molar-refractivity contribution in [3.8, 4) is 0 Å². The van der Waals surface area contributed by atoms with Gasteiger partial charge in [-0.3, -0.25) is 9.59 Å². The van der Waals surface area contributed by atoms with Crippen LogP contribution >= 0.6 is 0 Å². The Hall–Kier alpha value is -1.06. The van der Waals surface area contributed by atoms with Gasteiger partial charge in [0.05, 0.1) is 0 Å². The van der Waals surface area contributed by atoms with E-state index < -0.39 is 0 Å². The van der Waals surface area contributed by atoms with Crippen molar-refractivity contribution >= 4 is 11.8 Å². The molecule has 2 amide bonds. The van der Waals surface area contributed by atoms with Crippen LogP contribution in [0.4, 0.5) is 0 Å². The number of primary amides is 1. The number of nitrogens with two attached hydrogens (primary N) is 1. The van der Waals surface area contributed by atoms with E-state index in [0.717, 1.165) is 25.2 Å². The number of carbonyl (C=O) groups excluding carboxylic acids is 2. The third-order valence-corrected chi connectivity index (χ3v) is 5.18. The van der Waals surface area contributed by atoms with Crippen molar-refractivity contribution in [1.82, 2.24) is 5.32 Å². The third-order valence-electron chi connectivity index (χ3n) is 5.18. The third kappa shape index (κ3) is 5.01. The lowest BCUT2D eigenvalue weighted by molar-refractivity contribution is -0.134. The van der Waals surface area contributed by atoms with Crippen LogP contribution in [0.2, 0.25) is 0 Å². The lowest BCUT2D eigenvalue weighted by Gasteiger charge is -2.25. The second-order valence-electron chi connectivity index (χ2n) is 6.92. The average molecular weight is 294 g/mol. The van der Waals surface area contributed by atoms with E-state index in [1.165, 1.54) is 38.5 Å². The Balaban J connectivity index is 1.95. The molecular formula is C17H30N2O2. The first-order valence-electron chi connectivity index (χ1n) is 8.68. The van der Waals surface area contributed by atoms with Crippen LogP contribution in [0.3, 0.4) is 0 Å². The Morgan fingerprint density at radius 2 is 1.76 bits per heavy atom. The number of carbonyl (C=O) groups is 2. The number of hydrogen-bond acceptors (Lipinski definition) is 2. The van der Waals surface area contributed by atoms with E-state index in [-0.39, 0.29) is 23.7 Å². The normalized spacial score (nSPS) is 22.0. The summed E-state index contributed by atoms with van der Waals surface area (Å²) < 4.78 is 0. The molecule has 4 nitrogen and oxygen atoms in total. The summed E-state index contributed by atoms with van der Waals surface area (Å²) in [5, 5.41) is 2.90. The van der Waals surface area contributed by atoms with Gasteiger partial charge in [-0.1, -0.05) is 38.5 Å². The second-order valence-corrected chi connectivity index (χ2v) is 6.92. The predicted molar refractivity (Wildman–Crippen MR) is 83.4 cm³/mol. The molecule has 2 aliphatic rings. The molecule has 0 aromatic carbocycles. The Labute approximate surface area is 128 Å². The molecule has 0 aliphatic heterocycles. The molecule has 0 saturated heterocycles. The van der Waals surface area contributed by atoms with E-state index >= 15 is 0 Å². The highest BCUT2D eigenvalue weighted by molar-refractivity contribution is 5.86. The molecule has 21 heavy (non-hydrogen) atoms. The van der Waals surface area contributed by atoms with Crippen molar-refractivity contribution in [3.05, 3.63) is 0 Å². The molecule has 0 aromatic heterocycles. The van der Waals surface area contributed by atoms with Crippen LogP contribution in [-0.2, 0) is 9.59 Å². The maximum absolute atomic E-state index is 12.3. The predicted octanol–water partition coefficient (Wildman–Crippen LogP) is 2.61. The van der Waals surface area contributed by atoms with Crippen LogP contribution in [0.25, 0.3) is 0 Å². The molecule has 120 valence electrons. The molecule has 4 heteroatoms. The first-order chi connectivity index (χ1) is 10.1. The Kier molecular flexibility index (Phi) is 6.07. The van der Waals surface area contributed by atoms with E-state index in [2.05, 4.69) is 5.32 Å². The molecule has 0 aromatic rings. The van der Waals surface area contributed by atoms with Gasteiger partial charge in [0.25, 0.3) is 0 Å². The number of nitrogens with one attached hydrogen (secondary N) is 1. The monoisotopic (exact) mass is 294 g/mol. The summed E-state index contributed by atoms with van der Waals surface area (Å²) in [4.78, 5) is 24.2. The maximum atomic E-state index is 12.3. The molecule has 0 heterocycles. The molecule has 2 atom stereocenters. The van der Waals surface area contributed by atoms with Crippen molar-refractivity contribution in [3.63, 3.8) is 0 Å². The summed E-state index contributed by atoms with van der Waals surface area (Å²) in [5.41, 5.74) is 5.63. The van der Waals surface area contributed by atoms with Crippen LogP contribution < -0.4 is 11.1 Å². The number of amides is 2. The van der Waals surface area contributed by atoms with Crippen molar-refractivity contribution in [2.24, 2.45) is 29.4 Å². The van der Waals surface area contributed by atoms with Gasteiger partial charge < -0.3 is 11.1 Å². The van der Waals surface area contributed by atoms with Gasteiger partial charge in [0.2, 0.25) is 11.8 Å². The summed E-state index contributed by atoms with van der Waals surface area (Å²) >= 11 is 0. The average Bonchev–Trinajstić information content (AvgIpc) is 3.11. The Morgan fingerprint density at radius 3 is 2.29 bits per heavy atom. The zero-order chi connectivity index (χ0) is 15.2. The Bertz CT molecular complexity index is 360. The molecule has 2 fully saturated rings. The molecule has 0 unspecified atom stereocenters. The quantitative estimate of drug-likeness (QED) is 0.686. The fraction of sp³-hybridized carbons (Fsp3) is 0.882. The minimum absolute atomic E-state index is 0.0274. The highest BCUT2D eigenvalue weighted by Gasteiger charge is 2.37. The molecule has 0 radical (unpaired) electrons. The fourth-order valence-corrected chi connectivity index (χ4v) is 3.73. The highest BCUT2D eigenvalue weighted by Crippen LogP contribution is 2.39. The Morgan fingerprint density at radius 1 is 1.10 bits per heavy atom. The molecule has 2 aliphatic carbocycles. The van der Waals surface area contributed by atoms with Crippen LogP contribution in [0.15, 0.2) is 0 Å². The fourth-order valence-electron chi connectivity index (χ4n) is 3.73. The van der Waals surface area contributed by atoms with E-state index in [1.54, 1.807) is 0 Å².